The predicted molar refractivity (Wildman–Crippen MR) is 140 cm³/mol. The van der Waals surface area contributed by atoms with Gasteiger partial charge in [0.05, 0.1) is 12.1 Å². The first-order valence-corrected chi connectivity index (χ1v) is 13.1. The molecule has 2 atom stereocenters. The zero-order valence-corrected chi connectivity index (χ0v) is 21.7. The summed E-state index contributed by atoms with van der Waals surface area (Å²) < 4.78 is 22.5. The van der Waals surface area contributed by atoms with E-state index in [2.05, 4.69) is 39.7 Å². The van der Waals surface area contributed by atoms with E-state index in [1.807, 2.05) is 12.1 Å². The van der Waals surface area contributed by atoms with Crippen LogP contribution >= 0.6 is 0 Å². The van der Waals surface area contributed by atoms with Crippen molar-refractivity contribution in [3.05, 3.63) is 57.9 Å². The van der Waals surface area contributed by atoms with Crippen LogP contribution in [-0.4, -0.2) is 51.7 Å². The molecule has 1 unspecified atom stereocenters. The number of halogens is 1. The van der Waals surface area contributed by atoms with Gasteiger partial charge in [0.15, 0.2) is 5.82 Å². The lowest BCUT2D eigenvalue weighted by Crippen LogP contribution is -2.54. The van der Waals surface area contributed by atoms with Gasteiger partial charge in [-0.1, -0.05) is 19.9 Å². The summed E-state index contributed by atoms with van der Waals surface area (Å²) in [5, 5.41) is 9.39. The highest BCUT2D eigenvalue weighted by Crippen LogP contribution is 2.34. The highest BCUT2D eigenvalue weighted by Gasteiger charge is 2.33. The van der Waals surface area contributed by atoms with Crippen molar-refractivity contribution in [3.8, 4) is 11.8 Å². The highest BCUT2D eigenvalue weighted by molar-refractivity contribution is 5.86. The number of pyridine rings is 1. The average Bonchev–Trinajstić information content (AvgIpc) is 3.75. The van der Waals surface area contributed by atoms with Crippen molar-refractivity contribution < 1.29 is 9.13 Å². The van der Waals surface area contributed by atoms with Crippen LogP contribution in [-0.2, 0) is 7.05 Å². The summed E-state index contributed by atoms with van der Waals surface area (Å²) in [7, 11) is 1.66. The molecular formula is C28H33FN6O2. The summed E-state index contributed by atoms with van der Waals surface area (Å²) in [4.78, 5) is 26.0. The number of fused-ring (bicyclic) bond motifs is 1. The monoisotopic (exact) mass is 504 g/mol. The Kier molecular flexibility index (Phi) is 7.11. The Labute approximate surface area is 216 Å². The molecule has 194 valence electrons. The molecule has 0 spiro atoms. The third kappa shape index (κ3) is 5.03. The number of nitriles is 1. The molecule has 0 amide bonds. The Balaban J connectivity index is 1.40. The maximum absolute atomic E-state index is 15.2. The highest BCUT2D eigenvalue weighted by atomic mass is 19.1. The normalized spacial score (nSPS) is 19.1. The lowest BCUT2D eigenvalue weighted by molar-refractivity contribution is 0.151. The molecular weight excluding hydrogens is 471 g/mol. The molecule has 0 bridgehead atoms. The average molecular weight is 505 g/mol. The van der Waals surface area contributed by atoms with E-state index < -0.39 is 0 Å². The van der Waals surface area contributed by atoms with Gasteiger partial charge in [0.1, 0.15) is 28.8 Å². The molecule has 1 aliphatic heterocycles. The summed E-state index contributed by atoms with van der Waals surface area (Å²) in [6, 6.07) is 10.7. The van der Waals surface area contributed by atoms with Gasteiger partial charge in [0.2, 0.25) is 0 Å². The van der Waals surface area contributed by atoms with Crippen LogP contribution in [0, 0.1) is 23.1 Å². The Morgan fingerprint density at radius 2 is 2.00 bits per heavy atom. The van der Waals surface area contributed by atoms with E-state index in [4.69, 9.17) is 4.74 Å². The standard InChI is InChI=1S/C28H33FN6O2/c1-4-20-16-34(24(5-2)22-10-9-21(14-23(22)29)37-17-18-6-7-18)12-13-35(20)27-26-25(33(3)28(36)32-27)11-8-19(15-30)31-26/h8-11,14,18,20,24H,4-7,12-13,16-17H2,1-3H3/t20-,24?/m0/s1. The molecule has 1 aliphatic carbocycles. The van der Waals surface area contributed by atoms with Crippen LogP contribution in [0.2, 0.25) is 0 Å². The number of anilines is 1. The van der Waals surface area contributed by atoms with Crippen LogP contribution in [0.5, 0.6) is 5.75 Å². The van der Waals surface area contributed by atoms with Gasteiger partial charge in [-0.3, -0.25) is 9.47 Å². The van der Waals surface area contributed by atoms with Gasteiger partial charge in [0.25, 0.3) is 0 Å². The number of benzene rings is 1. The van der Waals surface area contributed by atoms with Crippen LogP contribution < -0.4 is 15.3 Å². The quantitative estimate of drug-likeness (QED) is 0.455. The van der Waals surface area contributed by atoms with Crippen LogP contribution in [0.3, 0.4) is 0 Å². The smallest absolute Gasteiger partial charge is 0.349 e. The van der Waals surface area contributed by atoms with Gasteiger partial charge in [-0.2, -0.15) is 10.2 Å². The molecule has 37 heavy (non-hydrogen) atoms. The van der Waals surface area contributed by atoms with E-state index in [-0.39, 0.29) is 29.3 Å². The van der Waals surface area contributed by atoms with Crippen molar-refractivity contribution >= 4 is 16.9 Å². The summed E-state index contributed by atoms with van der Waals surface area (Å²) in [5.41, 5.74) is 1.80. The summed E-state index contributed by atoms with van der Waals surface area (Å²) in [5.74, 6) is 1.49. The van der Waals surface area contributed by atoms with Crippen LogP contribution in [0.25, 0.3) is 11.0 Å². The first-order valence-electron chi connectivity index (χ1n) is 13.1. The third-order valence-electron chi connectivity index (χ3n) is 7.65. The number of nitrogens with zero attached hydrogens (tertiary/aromatic N) is 6. The van der Waals surface area contributed by atoms with E-state index in [0.29, 0.717) is 60.3 Å². The van der Waals surface area contributed by atoms with E-state index >= 15 is 4.39 Å². The number of ether oxygens (including phenoxy) is 1. The lowest BCUT2D eigenvalue weighted by Gasteiger charge is -2.45. The molecule has 0 radical (unpaired) electrons. The fraction of sp³-hybridized carbons (Fsp3) is 0.500. The molecule has 5 rings (SSSR count). The van der Waals surface area contributed by atoms with Gasteiger partial charge in [-0.05, 0) is 49.8 Å². The summed E-state index contributed by atoms with van der Waals surface area (Å²) in [6.45, 7) is 6.85. The largest absolute Gasteiger partial charge is 0.493 e. The molecule has 1 saturated carbocycles. The van der Waals surface area contributed by atoms with Gasteiger partial charge in [0, 0.05) is 50.4 Å². The van der Waals surface area contributed by atoms with Crippen molar-refractivity contribution in [2.24, 2.45) is 13.0 Å². The Bertz CT molecular complexity index is 1400. The first kappa shape index (κ1) is 25.2. The Hall–Kier alpha value is -3.51. The second kappa shape index (κ2) is 10.5. The summed E-state index contributed by atoms with van der Waals surface area (Å²) >= 11 is 0. The van der Waals surface area contributed by atoms with Crippen molar-refractivity contribution in [2.75, 3.05) is 31.1 Å². The van der Waals surface area contributed by atoms with E-state index in [1.54, 1.807) is 19.2 Å². The molecule has 8 nitrogen and oxygen atoms in total. The lowest BCUT2D eigenvalue weighted by atomic mass is 9.98. The molecule has 3 aromatic rings. The number of hydrogen-bond donors (Lipinski definition) is 0. The fourth-order valence-electron chi connectivity index (χ4n) is 5.30. The molecule has 1 saturated heterocycles. The maximum Gasteiger partial charge on any atom is 0.349 e. The van der Waals surface area contributed by atoms with Crippen LogP contribution in [0.1, 0.15) is 56.8 Å². The SMILES string of the molecule is CCC(c1ccc(OCC2CC2)cc1F)N1CCN(c2nc(=O)n(C)c3ccc(C#N)nc23)[C@@H](CC)C1. The van der Waals surface area contributed by atoms with Crippen molar-refractivity contribution in [3.63, 3.8) is 0 Å². The number of hydrogen-bond acceptors (Lipinski definition) is 7. The molecule has 3 heterocycles. The Morgan fingerprint density at radius 3 is 2.68 bits per heavy atom. The fourth-order valence-corrected chi connectivity index (χ4v) is 5.30. The van der Waals surface area contributed by atoms with Crippen LogP contribution in [0.4, 0.5) is 10.2 Å². The van der Waals surface area contributed by atoms with Crippen molar-refractivity contribution in [1.82, 2.24) is 19.4 Å². The van der Waals surface area contributed by atoms with E-state index in [9.17, 15) is 10.1 Å². The Morgan fingerprint density at radius 1 is 1.19 bits per heavy atom. The molecule has 2 fully saturated rings. The third-order valence-corrected chi connectivity index (χ3v) is 7.65. The second-order valence-electron chi connectivity index (χ2n) is 10.1. The summed E-state index contributed by atoms with van der Waals surface area (Å²) in [6.07, 6.45) is 3.98. The number of aryl methyl sites for hydroxylation is 1. The van der Waals surface area contributed by atoms with Gasteiger partial charge >= 0.3 is 5.69 Å². The van der Waals surface area contributed by atoms with E-state index in [0.717, 1.165) is 12.8 Å². The zero-order valence-electron chi connectivity index (χ0n) is 21.7. The predicted octanol–water partition coefficient (Wildman–Crippen LogP) is 4.18. The van der Waals surface area contributed by atoms with Crippen LogP contribution in [0.15, 0.2) is 35.1 Å². The molecule has 9 heteroatoms. The molecule has 2 aromatic heterocycles. The maximum atomic E-state index is 15.2. The topological polar surface area (TPSA) is 87.3 Å². The van der Waals surface area contributed by atoms with Gasteiger partial charge in [-0.15, -0.1) is 0 Å². The minimum absolute atomic E-state index is 0.0577. The minimum atomic E-state index is -0.358. The van der Waals surface area contributed by atoms with E-state index in [1.165, 1.54) is 23.5 Å². The molecule has 0 N–H and O–H groups in total. The second-order valence-corrected chi connectivity index (χ2v) is 10.1. The zero-order chi connectivity index (χ0) is 26.1. The number of rotatable bonds is 8. The first-order chi connectivity index (χ1) is 17.9. The molecule has 1 aromatic carbocycles. The minimum Gasteiger partial charge on any atom is -0.493 e. The van der Waals surface area contributed by atoms with Gasteiger partial charge < -0.3 is 9.64 Å². The number of aromatic nitrogens is 3. The van der Waals surface area contributed by atoms with Gasteiger partial charge in [-0.25, -0.2) is 14.2 Å². The van der Waals surface area contributed by atoms with Crippen molar-refractivity contribution in [2.45, 2.75) is 51.6 Å². The number of piperazine rings is 1. The molecule has 2 aliphatic rings. The van der Waals surface area contributed by atoms with Crippen molar-refractivity contribution in [1.29, 1.82) is 5.26 Å².